The molecule has 0 saturated carbocycles. The monoisotopic (exact) mass is 363 g/mol. The molecule has 6 nitrogen and oxygen atoms in total. The van der Waals surface area contributed by atoms with Gasteiger partial charge in [-0.05, 0) is 36.4 Å². The number of carbonyl (C=O) groups excluding carboxylic acids is 1. The molecular formula is C18H21NO5S. The van der Waals surface area contributed by atoms with Crippen LogP contribution in [0.5, 0.6) is 11.5 Å². The minimum absolute atomic E-state index is 0.0836. The molecule has 134 valence electrons. The summed E-state index contributed by atoms with van der Waals surface area (Å²) in [6.07, 6.45) is -0.0836. The molecule has 2 aromatic carbocycles. The zero-order valence-corrected chi connectivity index (χ0v) is 14.8. The lowest BCUT2D eigenvalue weighted by Gasteiger charge is -2.09. The number of nitrogens with one attached hydrogen (secondary N) is 1. The van der Waals surface area contributed by atoms with E-state index >= 15 is 0 Å². The number of ether oxygens (including phenoxy) is 2. The molecule has 7 heteroatoms. The fourth-order valence-corrected chi connectivity index (χ4v) is 3.35. The number of amides is 1. The van der Waals surface area contributed by atoms with Crippen LogP contribution in [0, 0.1) is 0 Å². The molecular weight excluding hydrogens is 342 g/mol. The highest BCUT2D eigenvalue weighted by molar-refractivity contribution is 7.91. The molecule has 0 saturated heterocycles. The normalized spacial score (nSPS) is 10.9. The summed E-state index contributed by atoms with van der Waals surface area (Å²) in [6, 6.07) is 15.2. The van der Waals surface area contributed by atoms with Crippen molar-refractivity contribution < 1.29 is 22.7 Å². The summed E-state index contributed by atoms with van der Waals surface area (Å²) >= 11 is 0. The zero-order valence-electron chi connectivity index (χ0n) is 14.0. The number of carbonyl (C=O) groups is 1. The Balaban J connectivity index is 1.68. The fraction of sp³-hybridized carbons (Fsp3) is 0.278. The number of benzene rings is 2. The topological polar surface area (TPSA) is 81.7 Å². The second kappa shape index (κ2) is 9.08. The number of rotatable bonds is 9. The Bertz CT molecular complexity index is 773. The van der Waals surface area contributed by atoms with Gasteiger partial charge in [0.05, 0.1) is 24.3 Å². The predicted molar refractivity (Wildman–Crippen MR) is 94.6 cm³/mol. The largest absolute Gasteiger partial charge is 0.497 e. The molecule has 0 radical (unpaired) electrons. The van der Waals surface area contributed by atoms with Gasteiger partial charge in [0.25, 0.3) is 0 Å². The van der Waals surface area contributed by atoms with E-state index in [0.717, 1.165) is 5.75 Å². The summed E-state index contributed by atoms with van der Waals surface area (Å²) in [4.78, 5) is 12.0. The second-order valence-electron chi connectivity index (χ2n) is 5.26. The van der Waals surface area contributed by atoms with Gasteiger partial charge in [0.2, 0.25) is 5.91 Å². The van der Waals surface area contributed by atoms with Gasteiger partial charge in [0.15, 0.2) is 9.84 Å². The summed E-state index contributed by atoms with van der Waals surface area (Å²) in [7, 11) is -1.85. The van der Waals surface area contributed by atoms with Gasteiger partial charge in [-0.3, -0.25) is 4.79 Å². The first-order valence-corrected chi connectivity index (χ1v) is 9.48. The van der Waals surface area contributed by atoms with Crippen molar-refractivity contribution in [2.75, 3.05) is 26.0 Å². The number of methoxy groups -OCH3 is 1. The lowest BCUT2D eigenvalue weighted by molar-refractivity contribution is -0.120. The van der Waals surface area contributed by atoms with E-state index in [1.54, 1.807) is 49.6 Å². The van der Waals surface area contributed by atoms with E-state index in [4.69, 9.17) is 9.47 Å². The molecule has 2 aromatic rings. The summed E-state index contributed by atoms with van der Waals surface area (Å²) in [6.45, 7) is 0.597. The SMILES string of the molecule is COc1ccc(OCCNC(=O)CCS(=O)(=O)c2ccccc2)cc1. The summed E-state index contributed by atoms with van der Waals surface area (Å²) < 4.78 is 34.7. The van der Waals surface area contributed by atoms with Crippen LogP contribution in [0.3, 0.4) is 0 Å². The van der Waals surface area contributed by atoms with E-state index in [2.05, 4.69) is 5.32 Å². The van der Waals surface area contributed by atoms with Gasteiger partial charge in [-0.25, -0.2) is 8.42 Å². The van der Waals surface area contributed by atoms with Crippen LogP contribution in [0.4, 0.5) is 0 Å². The maximum atomic E-state index is 12.1. The van der Waals surface area contributed by atoms with E-state index < -0.39 is 9.84 Å². The molecule has 25 heavy (non-hydrogen) atoms. The van der Waals surface area contributed by atoms with Crippen LogP contribution in [0.2, 0.25) is 0 Å². The Kier molecular flexibility index (Phi) is 6.82. The quantitative estimate of drug-likeness (QED) is 0.690. The van der Waals surface area contributed by atoms with Crippen LogP contribution in [-0.2, 0) is 14.6 Å². The standard InChI is InChI=1S/C18H21NO5S/c1-23-15-7-9-16(10-8-15)24-13-12-19-18(20)11-14-25(21,22)17-5-3-2-4-6-17/h2-10H,11-14H2,1H3,(H,19,20). The van der Waals surface area contributed by atoms with Crippen LogP contribution < -0.4 is 14.8 Å². The van der Waals surface area contributed by atoms with Crippen molar-refractivity contribution in [3.05, 3.63) is 54.6 Å². The maximum absolute atomic E-state index is 12.1. The minimum Gasteiger partial charge on any atom is -0.497 e. The molecule has 0 aliphatic heterocycles. The van der Waals surface area contributed by atoms with E-state index in [9.17, 15) is 13.2 Å². The van der Waals surface area contributed by atoms with Crippen molar-refractivity contribution >= 4 is 15.7 Å². The first kappa shape index (κ1) is 18.8. The van der Waals surface area contributed by atoms with Gasteiger partial charge < -0.3 is 14.8 Å². The van der Waals surface area contributed by atoms with Crippen molar-refractivity contribution in [3.8, 4) is 11.5 Å². The van der Waals surface area contributed by atoms with E-state index in [0.29, 0.717) is 18.9 Å². The first-order chi connectivity index (χ1) is 12.0. The summed E-state index contributed by atoms with van der Waals surface area (Å²) in [5.41, 5.74) is 0. The van der Waals surface area contributed by atoms with Gasteiger partial charge in [-0.2, -0.15) is 0 Å². The van der Waals surface area contributed by atoms with Crippen LogP contribution >= 0.6 is 0 Å². The molecule has 2 rings (SSSR count). The second-order valence-corrected chi connectivity index (χ2v) is 7.37. The summed E-state index contributed by atoms with van der Waals surface area (Å²) in [5.74, 6) is 0.863. The molecule has 0 spiro atoms. The van der Waals surface area contributed by atoms with Gasteiger partial charge >= 0.3 is 0 Å². The molecule has 0 atom stereocenters. The van der Waals surface area contributed by atoms with Crippen molar-refractivity contribution in [3.63, 3.8) is 0 Å². The smallest absolute Gasteiger partial charge is 0.221 e. The van der Waals surface area contributed by atoms with E-state index in [1.807, 2.05) is 0 Å². The first-order valence-electron chi connectivity index (χ1n) is 7.82. The number of hydrogen-bond acceptors (Lipinski definition) is 5. The van der Waals surface area contributed by atoms with Gasteiger partial charge in [-0.1, -0.05) is 18.2 Å². The van der Waals surface area contributed by atoms with Crippen molar-refractivity contribution in [1.82, 2.24) is 5.32 Å². The van der Waals surface area contributed by atoms with E-state index in [1.165, 1.54) is 12.1 Å². The minimum atomic E-state index is -3.44. The molecule has 0 aliphatic rings. The predicted octanol–water partition coefficient (Wildman–Crippen LogP) is 2.05. The highest BCUT2D eigenvalue weighted by atomic mass is 32.2. The average molecular weight is 363 g/mol. The average Bonchev–Trinajstić information content (AvgIpc) is 2.65. The number of sulfone groups is 1. The third kappa shape index (κ3) is 6.11. The lowest BCUT2D eigenvalue weighted by Crippen LogP contribution is -2.29. The highest BCUT2D eigenvalue weighted by Gasteiger charge is 2.15. The zero-order chi connectivity index (χ0) is 18.1. The van der Waals surface area contributed by atoms with Crippen LogP contribution in [0.25, 0.3) is 0 Å². The van der Waals surface area contributed by atoms with Crippen LogP contribution in [0.1, 0.15) is 6.42 Å². The Morgan fingerprint density at radius 2 is 1.64 bits per heavy atom. The lowest BCUT2D eigenvalue weighted by atomic mass is 10.3. The van der Waals surface area contributed by atoms with Crippen molar-refractivity contribution in [2.24, 2.45) is 0 Å². The molecule has 0 heterocycles. The molecule has 0 aliphatic carbocycles. The number of hydrogen-bond donors (Lipinski definition) is 1. The molecule has 0 bridgehead atoms. The Morgan fingerprint density at radius 1 is 1.00 bits per heavy atom. The highest BCUT2D eigenvalue weighted by Crippen LogP contribution is 2.16. The third-order valence-corrected chi connectivity index (χ3v) is 5.18. The van der Waals surface area contributed by atoms with Crippen molar-refractivity contribution in [2.45, 2.75) is 11.3 Å². The van der Waals surface area contributed by atoms with Gasteiger partial charge in [-0.15, -0.1) is 0 Å². The Hall–Kier alpha value is -2.54. The van der Waals surface area contributed by atoms with Gasteiger partial charge in [0.1, 0.15) is 18.1 Å². The molecule has 0 aromatic heterocycles. The maximum Gasteiger partial charge on any atom is 0.221 e. The van der Waals surface area contributed by atoms with Crippen LogP contribution in [0.15, 0.2) is 59.5 Å². The molecule has 0 fully saturated rings. The van der Waals surface area contributed by atoms with E-state index in [-0.39, 0.29) is 23.0 Å². The van der Waals surface area contributed by atoms with Crippen LogP contribution in [-0.4, -0.2) is 40.3 Å². The summed E-state index contributed by atoms with van der Waals surface area (Å²) in [5, 5.41) is 2.65. The fourth-order valence-electron chi connectivity index (χ4n) is 2.09. The Morgan fingerprint density at radius 3 is 2.28 bits per heavy atom. The van der Waals surface area contributed by atoms with Gasteiger partial charge in [0, 0.05) is 6.42 Å². The molecule has 0 unspecified atom stereocenters. The third-order valence-electron chi connectivity index (χ3n) is 3.45. The molecule has 1 amide bonds. The Labute approximate surface area is 147 Å². The van der Waals surface area contributed by atoms with Crippen molar-refractivity contribution in [1.29, 1.82) is 0 Å². The molecule has 1 N–H and O–H groups in total.